The number of halogens is 3. The van der Waals surface area contributed by atoms with Gasteiger partial charge in [-0.25, -0.2) is 13.2 Å². The van der Waals surface area contributed by atoms with E-state index in [0.29, 0.717) is 0 Å². The molecule has 2 aromatic carbocycles. The summed E-state index contributed by atoms with van der Waals surface area (Å²) in [5.41, 5.74) is 0.665. The van der Waals surface area contributed by atoms with Gasteiger partial charge in [-0.2, -0.15) is 0 Å². The van der Waals surface area contributed by atoms with Crippen LogP contribution in [0.1, 0.15) is 31.4 Å². The van der Waals surface area contributed by atoms with E-state index in [0.717, 1.165) is 37.1 Å². The van der Waals surface area contributed by atoms with Crippen molar-refractivity contribution in [2.24, 2.45) is 0 Å². The minimum absolute atomic E-state index is 0.0243. The second-order valence-electron chi connectivity index (χ2n) is 6.71. The third-order valence-corrected chi connectivity index (χ3v) is 4.93. The molecule has 0 aromatic heterocycles. The number of hydrogen-bond acceptors (Lipinski definition) is 2. The van der Waals surface area contributed by atoms with Gasteiger partial charge in [0.15, 0.2) is 11.6 Å². The molecule has 0 aliphatic carbocycles. The Hall–Kier alpha value is -2.34. The van der Waals surface area contributed by atoms with E-state index in [9.17, 15) is 18.0 Å². The van der Waals surface area contributed by atoms with Gasteiger partial charge in [0.05, 0.1) is 17.6 Å². The fourth-order valence-corrected chi connectivity index (χ4v) is 3.36. The van der Waals surface area contributed by atoms with Gasteiger partial charge in [0.25, 0.3) is 0 Å². The summed E-state index contributed by atoms with van der Waals surface area (Å²) >= 11 is 0. The number of benzene rings is 2. The molecule has 138 valence electrons. The number of carbonyl (C=O) groups is 1. The minimum Gasteiger partial charge on any atom is -0.348 e. The molecule has 6 heteroatoms. The van der Waals surface area contributed by atoms with E-state index in [-0.39, 0.29) is 29.1 Å². The van der Waals surface area contributed by atoms with Gasteiger partial charge in [-0.15, -0.1) is 0 Å². The predicted octanol–water partition coefficient (Wildman–Crippen LogP) is 4.04. The first-order valence-corrected chi connectivity index (χ1v) is 8.63. The maximum absolute atomic E-state index is 13.9. The summed E-state index contributed by atoms with van der Waals surface area (Å²) in [6.45, 7) is 2.76. The zero-order valence-corrected chi connectivity index (χ0v) is 14.7. The fraction of sp³-hybridized carbons (Fsp3) is 0.350. The van der Waals surface area contributed by atoms with Crippen molar-refractivity contribution in [1.29, 1.82) is 0 Å². The van der Waals surface area contributed by atoms with E-state index in [1.165, 1.54) is 12.1 Å². The number of likely N-dealkylation sites (N-methyl/N-ethyl adjacent to an activating group) is 1. The normalized spacial score (nSPS) is 18.7. The molecule has 3 nitrogen and oxygen atoms in total. The summed E-state index contributed by atoms with van der Waals surface area (Å²) in [6.07, 6.45) is 1.84. The average molecular weight is 362 g/mol. The molecule has 2 unspecified atom stereocenters. The molecule has 0 spiro atoms. The lowest BCUT2D eigenvalue weighted by atomic mass is 10.00. The first kappa shape index (κ1) is 18.5. The molecule has 0 bridgehead atoms. The molecule has 0 saturated carbocycles. The van der Waals surface area contributed by atoms with Crippen molar-refractivity contribution in [3.05, 3.63) is 59.4 Å². The smallest absolute Gasteiger partial charge is 0.237 e. The highest BCUT2D eigenvalue weighted by Gasteiger charge is 2.28. The number of likely N-dealkylation sites (tertiary alicyclic amines) is 1. The number of carbonyl (C=O) groups excluding carboxylic acids is 1. The van der Waals surface area contributed by atoms with Crippen molar-refractivity contribution in [1.82, 2.24) is 10.2 Å². The van der Waals surface area contributed by atoms with Crippen LogP contribution in [-0.2, 0) is 4.79 Å². The molecule has 3 rings (SSSR count). The molecular formula is C20H21F3N2O. The van der Waals surface area contributed by atoms with Crippen LogP contribution in [0.15, 0.2) is 36.4 Å². The van der Waals surface area contributed by atoms with E-state index in [2.05, 4.69) is 5.32 Å². The summed E-state index contributed by atoms with van der Waals surface area (Å²) < 4.78 is 41.2. The Morgan fingerprint density at radius 3 is 2.38 bits per heavy atom. The van der Waals surface area contributed by atoms with Gasteiger partial charge in [0.1, 0.15) is 5.82 Å². The molecule has 1 N–H and O–H groups in total. The number of rotatable bonds is 4. The molecule has 1 saturated heterocycles. The highest BCUT2D eigenvalue weighted by atomic mass is 19.2. The SMILES string of the molecule is CC(NC(=O)C1CCCN1C)c1ccc(-c2c(F)ccc(F)c2F)cc1. The Bertz CT molecular complexity index is 807. The van der Waals surface area contributed by atoms with Gasteiger partial charge >= 0.3 is 0 Å². The second kappa shape index (κ2) is 7.50. The van der Waals surface area contributed by atoms with Gasteiger partial charge in [0, 0.05) is 0 Å². The standard InChI is InChI=1S/C20H21F3N2O/c1-12(24-20(26)17-4-3-11-25(17)2)13-5-7-14(8-6-13)18-15(21)9-10-16(22)19(18)23/h5-10,12,17H,3-4,11H2,1-2H3,(H,24,26). The molecule has 1 aliphatic rings. The van der Waals surface area contributed by atoms with Gasteiger partial charge < -0.3 is 5.32 Å². The maximum atomic E-state index is 13.9. The minimum atomic E-state index is -1.21. The summed E-state index contributed by atoms with van der Waals surface area (Å²) in [4.78, 5) is 14.4. The lowest BCUT2D eigenvalue weighted by Crippen LogP contribution is -2.42. The highest BCUT2D eigenvalue weighted by molar-refractivity contribution is 5.82. The zero-order valence-electron chi connectivity index (χ0n) is 14.7. The van der Waals surface area contributed by atoms with Crippen LogP contribution in [0.5, 0.6) is 0 Å². The van der Waals surface area contributed by atoms with Crippen LogP contribution in [-0.4, -0.2) is 30.4 Å². The highest BCUT2D eigenvalue weighted by Crippen LogP contribution is 2.29. The topological polar surface area (TPSA) is 32.3 Å². The Morgan fingerprint density at radius 1 is 1.12 bits per heavy atom. The lowest BCUT2D eigenvalue weighted by Gasteiger charge is -2.22. The van der Waals surface area contributed by atoms with E-state index < -0.39 is 17.5 Å². The van der Waals surface area contributed by atoms with Gasteiger partial charge in [-0.05, 0) is 56.6 Å². The van der Waals surface area contributed by atoms with Gasteiger partial charge in [-0.1, -0.05) is 24.3 Å². The fourth-order valence-electron chi connectivity index (χ4n) is 3.36. The monoisotopic (exact) mass is 362 g/mol. The quantitative estimate of drug-likeness (QED) is 0.833. The van der Waals surface area contributed by atoms with Crippen molar-refractivity contribution >= 4 is 5.91 Å². The molecule has 1 aliphatic heterocycles. The molecule has 26 heavy (non-hydrogen) atoms. The summed E-state index contributed by atoms with van der Waals surface area (Å²) in [5, 5.41) is 2.97. The van der Waals surface area contributed by atoms with Crippen LogP contribution in [0.2, 0.25) is 0 Å². The van der Waals surface area contributed by atoms with E-state index in [1.54, 1.807) is 12.1 Å². The van der Waals surface area contributed by atoms with Crippen LogP contribution < -0.4 is 5.32 Å². The van der Waals surface area contributed by atoms with Crippen LogP contribution in [0.3, 0.4) is 0 Å². The van der Waals surface area contributed by atoms with E-state index in [4.69, 9.17) is 0 Å². The number of hydrogen-bond donors (Lipinski definition) is 1. The molecule has 1 heterocycles. The molecule has 2 aromatic rings. The molecule has 1 fully saturated rings. The Morgan fingerprint density at radius 2 is 1.77 bits per heavy atom. The van der Waals surface area contributed by atoms with Crippen molar-refractivity contribution in [3.8, 4) is 11.1 Å². The third-order valence-electron chi connectivity index (χ3n) is 4.93. The van der Waals surface area contributed by atoms with Crippen LogP contribution in [0.4, 0.5) is 13.2 Å². The van der Waals surface area contributed by atoms with Gasteiger partial charge in [-0.3, -0.25) is 9.69 Å². The largest absolute Gasteiger partial charge is 0.348 e. The Balaban J connectivity index is 1.75. The lowest BCUT2D eigenvalue weighted by molar-refractivity contribution is -0.125. The predicted molar refractivity (Wildman–Crippen MR) is 94.0 cm³/mol. The van der Waals surface area contributed by atoms with Crippen molar-refractivity contribution in [3.63, 3.8) is 0 Å². The van der Waals surface area contributed by atoms with E-state index >= 15 is 0 Å². The van der Waals surface area contributed by atoms with Crippen LogP contribution in [0.25, 0.3) is 11.1 Å². The molecule has 1 amide bonds. The van der Waals surface area contributed by atoms with Crippen molar-refractivity contribution in [2.75, 3.05) is 13.6 Å². The molecular weight excluding hydrogens is 341 g/mol. The van der Waals surface area contributed by atoms with Crippen LogP contribution in [0, 0.1) is 17.5 Å². The van der Waals surface area contributed by atoms with E-state index in [1.807, 2.05) is 18.9 Å². The number of amides is 1. The van der Waals surface area contributed by atoms with Gasteiger partial charge in [0.2, 0.25) is 5.91 Å². The first-order valence-electron chi connectivity index (χ1n) is 8.63. The number of nitrogens with one attached hydrogen (secondary N) is 1. The number of nitrogens with zero attached hydrogens (tertiary/aromatic N) is 1. The summed E-state index contributed by atoms with van der Waals surface area (Å²) in [6, 6.07) is 7.73. The van der Waals surface area contributed by atoms with Crippen molar-refractivity contribution in [2.45, 2.75) is 31.8 Å². The summed E-state index contributed by atoms with van der Waals surface area (Å²) in [7, 11) is 1.93. The third kappa shape index (κ3) is 3.60. The Labute approximate surface area is 150 Å². The first-order chi connectivity index (χ1) is 12.4. The summed E-state index contributed by atoms with van der Waals surface area (Å²) in [5.74, 6) is -3.14. The molecule has 0 radical (unpaired) electrons. The van der Waals surface area contributed by atoms with Crippen LogP contribution >= 0.6 is 0 Å². The Kier molecular flexibility index (Phi) is 5.32. The zero-order chi connectivity index (χ0) is 18.8. The second-order valence-corrected chi connectivity index (χ2v) is 6.71. The molecule has 2 atom stereocenters. The maximum Gasteiger partial charge on any atom is 0.237 e. The van der Waals surface area contributed by atoms with Crippen molar-refractivity contribution < 1.29 is 18.0 Å². The average Bonchev–Trinajstić information content (AvgIpc) is 3.05.